The van der Waals surface area contributed by atoms with Crippen LogP contribution in [0.1, 0.15) is 41.6 Å². The van der Waals surface area contributed by atoms with E-state index >= 15 is 0 Å². The molecule has 1 aliphatic rings. The van der Waals surface area contributed by atoms with E-state index in [1.165, 1.54) is 23.1 Å². The summed E-state index contributed by atoms with van der Waals surface area (Å²) in [6, 6.07) is 7.61. The van der Waals surface area contributed by atoms with Crippen molar-refractivity contribution >= 4 is 45.7 Å². The molecular formula is C22H19F3N4O2S2. The first-order chi connectivity index (χ1) is 15.8. The number of Topliss-reactive ketones (excluding diaryl/α,β-unsaturated/α-hetero) is 1. The minimum atomic E-state index is -4.59. The molecular weight excluding hydrogens is 473 g/mol. The topological polar surface area (TPSA) is 84.0 Å². The molecule has 1 fully saturated rings. The van der Waals surface area contributed by atoms with Crippen LogP contribution in [0.4, 0.5) is 28.8 Å². The number of aromatic nitrogens is 2. The summed E-state index contributed by atoms with van der Waals surface area (Å²) in [7, 11) is 0. The van der Waals surface area contributed by atoms with Crippen molar-refractivity contribution in [3.05, 3.63) is 59.9 Å². The van der Waals surface area contributed by atoms with Gasteiger partial charge in [-0.2, -0.15) is 13.2 Å². The SMILES string of the molecule is O=C(Nc1ncc(Sc2ccccn2)s1)Nc1ccc(C(F)(F)F)cc1C(=O)C1CCCC1. The fraction of sp³-hybridized carbons (Fsp3) is 0.273. The summed E-state index contributed by atoms with van der Waals surface area (Å²) in [5.41, 5.74) is -1.01. The molecule has 2 amide bonds. The van der Waals surface area contributed by atoms with Crippen LogP contribution in [0.2, 0.25) is 0 Å². The first-order valence-electron chi connectivity index (χ1n) is 10.2. The summed E-state index contributed by atoms with van der Waals surface area (Å²) in [5, 5.41) is 6.16. The highest BCUT2D eigenvalue weighted by Gasteiger charge is 2.33. The number of nitrogens with one attached hydrogen (secondary N) is 2. The van der Waals surface area contributed by atoms with Crippen LogP contribution in [0, 0.1) is 5.92 Å². The molecule has 1 saturated carbocycles. The summed E-state index contributed by atoms with van der Waals surface area (Å²) in [5.74, 6) is -0.709. The highest BCUT2D eigenvalue weighted by atomic mass is 32.2. The van der Waals surface area contributed by atoms with Gasteiger partial charge in [0.05, 0.1) is 21.7 Å². The van der Waals surface area contributed by atoms with Crippen LogP contribution < -0.4 is 10.6 Å². The maximum atomic E-state index is 13.2. The van der Waals surface area contributed by atoms with E-state index in [9.17, 15) is 22.8 Å². The zero-order chi connectivity index (χ0) is 23.4. The molecule has 0 spiro atoms. The van der Waals surface area contributed by atoms with Crippen molar-refractivity contribution in [2.24, 2.45) is 5.92 Å². The Balaban J connectivity index is 1.48. The Morgan fingerprint density at radius 1 is 1.06 bits per heavy atom. The lowest BCUT2D eigenvalue weighted by Gasteiger charge is -2.16. The Labute approximate surface area is 196 Å². The number of carbonyl (C=O) groups excluding carboxylic acids is 2. The van der Waals surface area contributed by atoms with Crippen LogP contribution >= 0.6 is 23.1 Å². The molecule has 0 aliphatic heterocycles. The van der Waals surface area contributed by atoms with E-state index in [1.807, 2.05) is 12.1 Å². The quantitative estimate of drug-likeness (QED) is 0.373. The van der Waals surface area contributed by atoms with Crippen molar-refractivity contribution in [3.63, 3.8) is 0 Å². The van der Waals surface area contributed by atoms with Crippen LogP contribution in [0.15, 0.2) is 58.0 Å². The second-order valence-corrected chi connectivity index (χ2v) is 9.79. The van der Waals surface area contributed by atoms with Crippen molar-refractivity contribution in [1.82, 2.24) is 9.97 Å². The van der Waals surface area contributed by atoms with Crippen molar-refractivity contribution in [3.8, 4) is 0 Å². The molecule has 1 aliphatic carbocycles. The van der Waals surface area contributed by atoms with Gasteiger partial charge in [0.15, 0.2) is 10.9 Å². The second kappa shape index (κ2) is 9.92. The average molecular weight is 493 g/mol. The number of anilines is 2. The van der Waals surface area contributed by atoms with Crippen molar-refractivity contribution in [1.29, 1.82) is 0 Å². The molecule has 172 valence electrons. The molecule has 0 radical (unpaired) electrons. The number of alkyl halides is 3. The van der Waals surface area contributed by atoms with Crippen LogP contribution in [0.5, 0.6) is 0 Å². The molecule has 0 bridgehead atoms. The van der Waals surface area contributed by atoms with Gasteiger partial charge in [-0.3, -0.25) is 10.1 Å². The van der Waals surface area contributed by atoms with Gasteiger partial charge in [0, 0.05) is 17.7 Å². The maximum absolute atomic E-state index is 13.2. The minimum Gasteiger partial charge on any atom is -0.307 e. The summed E-state index contributed by atoms with van der Waals surface area (Å²) in [4.78, 5) is 33.8. The Hall–Kier alpha value is -2.92. The van der Waals surface area contributed by atoms with Crippen molar-refractivity contribution < 1.29 is 22.8 Å². The van der Waals surface area contributed by atoms with Gasteiger partial charge in [-0.1, -0.05) is 42.0 Å². The van der Waals surface area contributed by atoms with E-state index in [4.69, 9.17) is 0 Å². The highest BCUT2D eigenvalue weighted by molar-refractivity contribution is 8.01. The smallest absolute Gasteiger partial charge is 0.307 e. The average Bonchev–Trinajstić information content (AvgIpc) is 3.46. The molecule has 2 N–H and O–H groups in total. The highest BCUT2D eigenvalue weighted by Crippen LogP contribution is 2.36. The lowest BCUT2D eigenvalue weighted by molar-refractivity contribution is -0.137. The largest absolute Gasteiger partial charge is 0.416 e. The van der Waals surface area contributed by atoms with E-state index in [1.54, 1.807) is 18.5 Å². The minimum absolute atomic E-state index is 0.0389. The van der Waals surface area contributed by atoms with E-state index < -0.39 is 17.8 Å². The molecule has 33 heavy (non-hydrogen) atoms. The Kier molecular flexibility index (Phi) is 6.99. The number of amides is 2. The number of hydrogen-bond acceptors (Lipinski definition) is 6. The van der Waals surface area contributed by atoms with E-state index in [0.29, 0.717) is 18.0 Å². The number of halogens is 3. The fourth-order valence-corrected chi connectivity index (χ4v) is 5.34. The van der Waals surface area contributed by atoms with Gasteiger partial charge in [-0.25, -0.2) is 14.8 Å². The van der Waals surface area contributed by atoms with E-state index in [-0.39, 0.29) is 23.0 Å². The molecule has 2 aromatic heterocycles. The van der Waals surface area contributed by atoms with Crippen molar-refractivity contribution in [2.45, 2.75) is 41.1 Å². The normalized spacial score (nSPS) is 14.3. The predicted molar refractivity (Wildman–Crippen MR) is 121 cm³/mol. The zero-order valence-electron chi connectivity index (χ0n) is 17.2. The Bertz CT molecular complexity index is 1150. The lowest BCUT2D eigenvalue weighted by atomic mass is 9.93. The molecule has 0 unspecified atom stereocenters. The number of carbonyl (C=O) groups is 2. The summed E-state index contributed by atoms with van der Waals surface area (Å²) < 4.78 is 40.5. The fourth-order valence-electron chi connectivity index (χ4n) is 3.57. The van der Waals surface area contributed by atoms with Crippen molar-refractivity contribution in [2.75, 3.05) is 10.6 Å². The number of urea groups is 1. The third-order valence-electron chi connectivity index (χ3n) is 5.13. The summed E-state index contributed by atoms with van der Waals surface area (Å²) >= 11 is 2.61. The first kappa shape index (κ1) is 23.2. The zero-order valence-corrected chi connectivity index (χ0v) is 18.8. The first-order valence-corrected chi connectivity index (χ1v) is 11.8. The molecule has 2 heterocycles. The van der Waals surface area contributed by atoms with Gasteiger partial charge in [-0.05, 0) is 43.2 Å². The predicted octanol–water partition coefficient (Wildman–Crippen LogP) is 6.73. The number of hydrogen-bond donors (Lipinski definition) is 2. The summed E-state index contributed by atoms with van der Waals surface area (Å²) in [6.45, 7) is 0. The Morgan fingerprint density at radius 3 is 2.55 bits per heavy atom. The Morgan fingerprint density at radius 2 is 1.85 bits per heavy atom. The van der Waals surface area contributed by atoms with Gasteiger partial charge in [0.25, 0.3) is 0 Å². The standard InChI is InChI=1S/C22H19F3N4O2S2/c23-22(24,25)14-8-9-16(15(11-14)19(30)13-5-1-2-6-13)28-20(31)29-21-27-12-18(33-21)32-17-7-3-4-10-26-17/h3-4,7-13H,1-2,5-6H2,(H2,27,28,29,31). The van der Waals surface area contributed by atoms with E-state index in [2.05, 4.69) is 20.6 Å². The van der Waals surface area contributed by atoms with E-state index in [0.717, 1.165) is 40.3 Å². The monoisotopic (exact) mass is 492 g/mol. The number of thiazole rings is 1. The number of rotatable bonds is 6. The van der Waals surface area contributed by atoms with Crippen LogP contribution in [0.3, 0.4) is 0 Å². The summed E-state index contributed by atoms with van der Waals surface area (Å²) in [6.07, 6.45) is 1.67. The number of pyridine rings is 1. The van der Waals surface area contributed by atoms with Gasteiger partial charge in [-0.15, -0.1) is 0 Å². The number of nitrogens with zero attached hydrogens (tertiary/aromatic N) is 2. The third-order valence-corrected chi connectivity index (χ3v) is 7.10. The van der Waals surface area contributed by atoms with Crippen LogP contribution in [-0.2, 0) is 6.18 Å². The maximum Gasteiger partial charge on any atom is 0.416 e. The second-order valence-electron chi connectivity index (χ2n) is 7.44. The molecule has 0 atom stereocenters. The lowest BCUT2D eigenvalue weighted by Crippen LogP contribution is -2.22. The molecule has 0 saturated heterocycles. The molecule has 6 nitrogen and oxygen atoms in total. The molecule has 1 aromatic carbocycles. The van der Waals surface area contributed by atoms with Crippen LogP contribution in [0.25, 0.3) is 0 Å². The third kappa shape index (κ3) is 5.91. The molecule has 3 aromatic rings. The molecule has 4 rings (SSSR count). The van der Waals surface area contributed by atoms with Gasteiger partial charge < -0.3 is 5.32 Å². The number of ketones is 1. The number of benzene rings is 1. The van der Waals surface area contributed by atoms with Gasteiger partial charge >= 0.3 is 12.2 Å². The molecule has 11 heteroatoms. The van der Waals surface area contributed by atoms with Gasteiger partial charge in [0.2, 0.25) is 0 Å². The van der Waals surface area contributed by atoms with Gasteiger partial charge in [0.1, 0.15) is 5.03 Å². The van der Waals surface area contributed by atoms with Crippen LogP contribution in [-0.4, -0.2) is 21.8 Å².